The topological polar surface area (TPSA) is 38.9 Å². The molecule has 0 aliphatic heterocycles. The third-order valence-corrected chi connectivity index (χ3v) is 2.51. The van der Waals surface area contributed by atoms with Crippen LogP contribution in [0.5, 0.6) is 0 Å². The monoisotopic (exact) mass is 422 g/mol. The van der Waals surface area contributed by atoms with Gasteiger partial charge < -0.3 is 10.7 Å². The van der Waals surface area contributed by atoms with Gasteiger partial charge in [-0.2, -0.15) is 0 Å². The molecule has 4 heteroatoms. The Bertz CT molecular complexity index is 503. The molecule has 2 aromatic rings. The zero-order chi connectivity index (χ0) is 12.1. The van der Waals surface area contributed by atoms with Crippen LogP contribution in [0.1, 0.15) is 11.3 Å². The number of benzene rings is 1. The second kappa shape index (κ2) is 7.37. The molecule has 0 amide bonds. The van der Waals surface area contributed by atoms with Gasteiger partial charge in [-0.15, -0.1) is 35.4 Å². The maximum Gasteiger partial charge on any atom is 0.0949 e. The molecule has 0 saturated carbocycles. The molecule has 1 radical (unpaired) electrons. The van der Waals surface area contributed by atoms with Crippen LogP contribution in [0.15, 0.2) is 36.4 Å². The molecule has 0 spiro atoms. The van der Waals surface area contributed by atoms with Crippen LogP contribution in [0, 0.1) is 6.07 Å². The van der Waals surface area contributed by atoms with E-state index in [1.807, 2.05) is 36.4 Å². The summed E-state index contributed by atoms with van der Waals surface area (Å²) >= 11 is 0. The normalized spacial score (nSPS) is 9.89. The van der Waals surface area contributed by atoms with Crippen molar-refractivity contribution >= 4 is 0 Å². The van der Waals surface area contributed by atoms with Gasteiger partial charge in [-0.3, -0.25) is 4.39 Å². The van der Waals surface area contributed by atoms with Crippen LogP contribution in [0.25, 0.3) is 11.3 Å². The first-order chi connectivity index (χ1) is 8.33. The average molecular weight is 421 g/mol. The van der Waals surface area contributed by atoms with Crippen molar-refractivity contribution in [1.82, 2.24) is 4.98 Å². The Morgan fingerprint density at radius 2 is 1.94 bits per heavy atom. The molecular weight excluding hydrogens is 407 g/mol. The Balaban J connectivity index is 0.00000162. The minimum atomic E-state index is -0.386. The van der Waals surface area contributed by atoms with Gasteiger partial charge in [0.05, 0.1) is 6.67 Å². The second-order valence-electron chi connectivity index (χ2n) is 3.75. The van der Waals surface area contributed by atoms with Crippen LogP contribution < -0.4 is 5.73 Å². The fourth-order valence-electron chi connectivity index (χ4n) is 1.65. The van der Waals surface area contributed by atoms with Crippen LogP contribution in [-0.4, -0.2) is 11.7 Å². The number of hydrogen-bond acceptors (Lipinski definition) is 2. The first-order valence-electron chi connectivity index (χ1n) is 5.57. The molecule has 1 aromatic heterocycles. The third kappa shape index (κ3) is 3.70. The smallest absolute Gasteiger partial charge is 0.0949 e. The molecule has 97 valence electrons. The van der Waals surface area contributed by atoms with Crippen molar-refractivity contribution in [3.05, 3.63) is 53.7 Å². The number of hydrogen-bond donors (Lipinski definition) is 1. The maximum atomic E-state index is 12.3. The number of aryl methyl sites for hydroxylation is 1. The van der Waals surface area contributed by atoms with Gasteiger partial charge in [0, 0.05) is 38.8 Å². The van der Waals surface area contributed by atoms with E-state index in [-0.39, 0.29) is 26.8 Å². The molecule has 1 heterocycles. The van der Waals surface area contributed by atoms with Crippen molar-refractivity contribution in [3.63, 3.8) is 0 Å². The summed E-state index contributed by atoms with van der Waals surface area (Å²) in [5.74, 6) is 0. The summed E-state index contributed by atoms with van der Waals surface area (Å²) < 4.78 is 12.3. The second-order valence-corrected chi connectivity index (χ2v) is 3.75. The Kier molecular flexibility index (Phi) is 6.13. The molecular formula is C14H14FIrN2-. The molecule has 18 heavy (non-hydrogen) atoms. The quantitative estimate of drug-likeness (QED) is 0.771. The predicted octanol–water partition coefficient (Wildman–Crippen LogP) is 2.52. The number of nitrogens with zero attached hydrogens (tertiary/aromatic N) is 1. The molecule has 0 fully saturated rings. The zero-order valence-corrected chi connectivity index (χ0v) is 12.2. The van der Waals surface area contributed by atoms with Gasteiger partial charge in [-0.05, 0) is 11.8 Å². The number of nitrogens with two attached hydrogens (primary N) is 1. The average Bonchev–Trinajstić information content (AvgIpc) is 2.40. The number of aromatic nitrogens is 1. The molecule has 0 unspecified atom stereocenters. The number of pyridine rings is 1. The zero-order valence-electron chi connectivity index (χ0n) is 9.82. The van der Waals surface area contributed by atoms with Crippen molar-refractivity contribution in [1.29, 1.82) is 0 Å². The molecule has 0 aliphatic rings. The van der Waals surface area contributed by atoms with Crippen molar-refractivity contribution in [2.24, 2.45) is 5.73 Å². The molecule has 2 N–H and O–H groups in total. The molecule has 0 atom stereocenters. The number of rotatable bonds is 4. The summed E-state index contributed by atoms with van der Waals surface area (Å²) in [7, 11) is 0. The number of alkyl halides is 1. The van der Waals surface area contributed by atoms with Crippen molar-refractivity contribution in [2.75, 3.05) is 6.67 Å². The van der Waals surface area contributed by atoms with E-state index < -0.39 is 0 Å². The third-order valence-electron chi connectivity index (χ3n) is 2.51. The molecule has 1 aromatic carbocycles. The van der Waals surface area contributed by atoms with Crippen LogP contribution in [0.3, 0.4) is 0 Å². The van der Waals surface area contributed by atoms with Gasteiger partial charge in [0.25, 0.3) is 0 Å². The van der Waals surface area contributed by atoms with Crippen molar-refractivity contribution in [2.45, 2.75) is 13.0 Å². The van der Waals surface area contributed by atoms with Crippen molar-refractivity contribution < 1.29 is 24.5 Å². The van der Waals surface area contributed by atoms with Crippen LogP contribution in [-0.2, 0) is 33.1 Å². The molecule has 2 rings (SSSR count). The summed E-state index contributed by atoms with van der Waals surface area (Å²) in [6.45, 7) is 0.0705. The van der Waals surface area contributed by atoms with Gasteiger partial charge in [0.1, 0.15) is 0 Å². The van der Waals surface area contributed by atoms with Crippen LogP contribution >= 0.6 is 0 Å². The Morgan fingerprint density at radius 3 is 2.67 bits per heavy atom. The fourth-order valence-corrected chi connectivity index (χ4v) is 1.65. The fraction of sp³-hybridized carbons (Fsp3) is 0.214. The minimum absolute atomic E-state index is 0. The summed E-state index contributed by atoms with van der Waals surface area (Å²) in [6.07, 6.45) is 0.352. The predicted molar refractivity (Wildman–Crippen MR) is 66.1 cm³/mol. The summed E-state index contributed by atoms with van der Waals surface area (Å²) in [5.41, 5.74) is 8.99. The van der Waals surface area contributed by atoms with E-state index in [1.165, 1.54) is 0 Å². The van der Waals surface area contributed by atoms with E-state index >= 15 is 0 Å². The van der Waals surface area contributed by atoms with Crippen molar-refractivity contribution in [3.8, 4) is 11.3 Å². The van der Waals surface area contributed by atoms with Gasteiger partial charge in [-0.1, -0.05) is 12.1 Å². The first kappa shape index (κ1) is 15.0. The van der Waals surface area contributed by atoms with Gasteiger partial charge in [0.2, 0.25) is 0 Å². The molecule has 2 nitrogen and oxygen atoms in total. The van der Waals surface area contributed by atoms with E-state index in [9.17, 15) is 4.39 Å². The van der Waals surface area contributed by atoms with Gasteiger partial charge in [0.15, 0.2) is 0 Å². The molecule has 0 bridgehead atoms. The van der Waals surface area contributed by atoms with Gasteiger partial charge >= 0.3 is 0 Å². The summed E-state index contributed by atoms with van der Waals surface area (Å²) in [5, 5.41) is 0. The van der Waals surface area contributed by atoms with E-state index in [4.69, 9.17) is 5.73 Å². The minimum Gasteiger partial charge on any atom is -0.328 e. The summed E-state index contributed by atoms with van der Waals surface area (Å²) in [4.78, 5) is 4.40. The maximum absolute atomic E-state index is 12.3. The number of halogens is 1. The largest absolute Gasteiger partial charge is 0.328 e. The van der Waals surface area contributed by atoms with E-state index in [2.05, 4.69) is 11.1 Å². The first-order valence-corrected chi connectivity index (χ1v) is 5.57. The van der Waals surface area contributed by atoms with E-state index in [0.29, 0.717) is 13.0 Å². The SMILES string of the molecule is NCc1[c-]c(-c2cccc(CCF)n2)ccc1.[Ir]. The van der Waals surface area contributed by atoms with Crippen LogP contribution in [0.4, 0.5) is 4.39 Å². The van der Waals surface area contributed by atoms with Crippen LogP contribution in [0.2, 0.25) is 0 Å². The summed E-state index contributed by atoms with van der Waals surface area (Å²) in [6, 6.07) is 14.6. The van der Waals surface area contributed by atoms with E-state index in [1.54, 1.807) is 0 Å². The van der Waals surface area contributed by atoms with Gasteiger partial charge in [-0.25, -0.2) is 0 Å². The standard InChI is InChI=1S/C14H14FN2.Ir/c15-8-7-13-5-2-6-14(17-13)12-4-1-3-11(9-12)10-16;/h1-6H,7-8,10,16H2;/q-1;. The molecule has 0 aliphatic carbocycles. The Labute approximate surface area is 120 Å². The Morgan fingerprint density at radius 1 is 1.17 bits per heavy atom. The molecule has 0 saturated heterocycles. The van der Waals surface area contributed by atoms with E-state index in [0.717, 1.165) is 22.5 Å². The Hall–Kier alpha value is -1.09.